The second-order valence-electron chi connectivity index (χ2n) is 5.37. The molecule has 0 unspecified atom stereocenters. The Bertz CT molecular complexity index is 369. The fourth-order valence-electron chi connectivity index (χ4n) is 1.46. The molecule has 0 radical (unpaired) electrons. The minimum absolute atomic E-state index is 0.0932. The minimum Gasteiger partial charge on any atom is -0.493 e. The zero-order chi connectivity index (χ0) is 13.4. The Balaban J connectivity index is 2.53. The van der Waals surface area contributed by atoms with E-state index in [-0.39, 0.29) is 5.54 Å². The Kier molecular flexibility index (Phi) is 5.86. The third kappa shape index (κ3) is 5.82. The topological polar surface area (TPSA) is 34.1 Å². The summed E-state index contributed by atoms with van der Waals surface area (Å²) in [5.41, 5.74) is 1.20. The molecule has 1 aromatic heterocycles. The molecule has 3 heteroatoms. The van der Waals surface area contributed by atoms with E-state index in [0.717, 1.165) is 37.3 Å². The molecule has 0 spiro atoms. The van der Waals surface area contributed by atoms with Gasteiger partial charge in [-0.1, -0.05) is 6.08 Å². The largest absolute Gasteiger partial charge is 0.493 e. The van der Waals surface area contributed by atoms with Crippen LogP contribution in [-0.2, 0) is 6.54 Å². The van der Waals surface area contributed by atoms with Crippen molar-refractivity contribution in [1.29, 1.82) is 0 Å². The molecule has 0 fully saturated rings. The lowest BCUT2D eigenvalue weighted by atomic mass is 10.1. The Morgan fingerprint density at radius 1 is 1.44 bits per heavy atom. The molecule has 0 aromatic carbocycles. The first-order valence-corrected chi connectivity index (χ1v) is 6.44. The summed E-state index contributed by atoms with van der Waals surface area (Å²) >= 11 is 0. The van der Waals surface area contributed by atoms with Crippen molar-refractivity contribution >= 4 is 0 Å². The van der Waals surface area contributed by atoms with Gasteiger partial charge in [0.25, 0.3) is 0 Å². The second-order valence-corrected chi connectivity index (χ2v) is 5.37. The van der Waals surface area contributed by atoms with Gasteiger partial charge in [-0.25, -0.2) is 0 Å². The van der Waals surface area contributed by atoms with Crippen molar-refractivity contribution < 1.29 is 4.74 Å². The molecule has 0 aliphatic carbocycles. The van der Waals surface area contributed by atoms with Crippen LogP contribution in [0.15, 0.2) is 31.1 Å². The van der Waals surface area contributed by atoms with E-state index in [2.05, 4.69) is 37.7 Å². The third-order valence-electron chi connectivity index (χ3n) is 2.48. The summed E-state index contributed by atoms with van der Waals surface area (Å²) in [6.07, 6.45) is 7.53. The van der Waals surface area contributed by atoms with Crippen LogP contribution in [0.2, 0.25) is 0 Å². The molecule has 0 amide bonds. The first-order valence-electron chi connectivity index (χ1n) is 6.44. The standard InChI is InChI=1S/C15H24N2O/c1-5-6-7-10-18-14-8-9-16-11-13(14)12-17-15(2,3)4/h5,8-9,11,17H,1,6-7,10,12H2,2-4H3. The highest BCUT2D eigenvalue weighted by molar-refractivity contribution is 5.30. The van der Waals surface area contributed by atoms with Gasteiger partial charge < -0.3 is 10.1 Å². The quantitative estimate of drug-likeness (QED) is 0.594. The van der Waals surface area contributed by atoms with Crippen molar-refractivity contribution in [3.05, 3.63) is 36.7 Å². The number of aromatic nitrogens is 1. The highest BCUT2D eigenvalue weighted by Gasteiger charge is 2.10. The van der Waals surface area contributed by atoms with Gasteiger partial charge in [0, 0.05) is 30.0 Å². The van der Waals surface area contributed by atoms with Crippen molar-refractivity contribution in [3.8, 4) is 5.75 Å². The zero-order valence-corrected chi connectivity index (χ0v) is 11.7. The molecule has 3 nitrogen and oxygen atoms in total. The fraction of sp³-hybridized carbons (Fsp3) is 0.533. The summed E-state index contributed by atoms with van der Waals surface area (Å²) in [6, 6.07) is 1.92. The molecule has 1 N–H and O–H groups in total. The number of nitrogens with zero attached hydrogens (tertiary/aromatic N) is 1. The number of allylic oxidation sites excluding steroid dienone is 1. The smallest absolute Gasteiger partial charge is 0.126 e. The maximum atomic E-state index is 5.78. The fourth-order valence-corrected chi connectivity index (χ4v) is 1.46. The average molecular weight is 248 g/mol. The molecule has 1 heterocycles. The summed E-state index contributed by atoms with van der Waals surface area (Å²) in [7, 11) is 0. The minimum atomic E-state index is 0.0932. The van der Waals surface area contributed by atoms with E-state index in [1.807, 2.05) is 18.3 Å². The van der Waals surface area contributed by atoms with Crippen LogP contribution in [0.1, 0.15) is 39.2 Å². The number of pyridine rings is 1. The number of unbranched alkanes of at least 4 members (excludes halogenated alkanes) is 1. The number of rotatable bonds is 7. The lowest BCUT2D eigenvalue weighted by Gasteiger charge is -2.21. The predicted molar refractivity (Wildman–Crippen MR) is 75.8 cm³/mol. The van der Waals surface area contributed by atoms with Gasteiger partial charge in [-0.2, -0.15) is 0 Å². The van der Waals surface area contributed by atoms with E-state index in [0.29, 0.717) is 0 Å². The van der Waals surface area contributed by atoms with Crippen LogP contribution in [0.25, 0.3) is 0 Å². The SMILES string of the molecule is C=CCCCOc1ccncc1CNC(C)(C)C. The summed E-state index contributed by atoms with van der Waals surface area (Å²) in [5.74, 6) is 0.922. The van der Waals surface area contributed by atoms with Crippen LogP contribution in [0.4, 0.5) is 0 Å². The molecule has 0 bridgehead atoms. The van der Waals surface area contributed by atoms with E-state index in [9.17, 15) is 0 Å². The highest BCUT2D eigenvalue weighted by Crippen LogP contribution is 2.17. The second kappa shape index (κ2) is 7.17. The molecule has 0 aliphatic heterocycles. The number of ether oxygens (including phenoxy) is 1. The molecule has 1 aromatic rings. The van der Waals surface area contributed by atoms with Crippen LogP contribution in [-0.4, -0.2) is 17.1 Å². The molecular formula is C15H24N2O. The van der Waals surface area contributed by atoms with Crippen molar-refractivity contribution in [2.24, 2.45) is 0 Å². The Morgan fingerprint density at radius 2 is 2.22 bits per heavy atom. The van der Waals surface area contributed by atoms with E-state index in [1.165, 1.54) is 0 Å². The Labute approximate surface area is 110 Å². The van der Waals surface area contributed by atoms with Gasteiger partial charge in [0.2, 0.25) is 0 Å². The van der Waals surface area contributed by atoms with Gasteiger partial charge >= 0.3 is 0 Å². The maximum Gasteiger partial charge on any atom is 0.126 e. The normalized spacial score (nSPS) is 11.3. The van der Waals surface area contributed by atoms with Gasteiger partial charge in [-0.05, 0) is 39.7 Å². The molecule has 100 valence electrons. The van der Waals surface area contributed by atoms with E-state index in [4.69, 9.17) is 4.74 Å². The molecule has 0 atom stereocenters. The summed E-state index contributed by atoms with van der Waals surface area (Å²) < 4.78 is 5.78. The average Bonchev–Trinajstić information content (AvgIpc) is 2.32. The van der Waals surface area contributed by atoms with Crippen molar-refractivity contribution in [2.45, 2.75) is 45.7 Å². The van der Waals surface area contributed by atoms with E-state index in [1.54, 1.807) is 6.20 Å². The molecule has 18 heavy (non-hydrogen) atoms. The van der Waals surface area contributed by atoms with Crippen LogP contribution in [0.5, 0.6) is 5.75 Å². The molecule has 0 saturated heterocycles. The lowest BCUT2D eigenvalue weighted by Crippen LogP contribution is -2.35. The summed E-state index contributed by atoms with van der Waals surface area (Å²) in [5, 5.41) is 3.44. The molecule has 1 rings (SSSR count). The highest BCUT2D eigenvalue weighted by atomic mass is 16.5. The van der Waals surface area contributed by atoms with Gasteiger partial charge in [0.1, 0.15) is 5.75 Å². The molecule has 0 aliphatic rings. The van der Waals surface area contributed by atoms with E-state index < -0.39 is 0 Å². The number of hydrogen-bond donors (Lipinski definition) is 1. The van der Waals surface area contributed by atoms with Gasteiger partial charge in [-0.3, -0.25) is 4.98 Å². The van der Waals surface area contributed by atoms with Crippen LogP contribution >= 0.6 is 0 Å². The van der Waals surface area contributed by atoms with Gasteiger partial charge in [0.15, 0.2) is 0 Å². The number of nitrogens with one attached hydrogen (secondary N) is 1. The van der Waals surface area contributed by atoms with Crippen molar-refractivity contribution in [3.63, 3.8) is 0 Å². The number of hydrogen-bond acceptors (Lipinski definition) is 3. The third-order valence-corrected chi connectivity index (χ3v) is 2.48. The van der Waals surface area contributed by atoms with Crippen LogP contribution < -0.4 is 10.1 Å². The summed E-state index contributed by atoms with van der Waals surface area (Å²) in [4.78, 5) is 4.15. The molecule has 0 saturated carbocycles. The van der Waals surface area contributed by atoms with Crippen LogP contribution in [0, 0.1) is 0 Å². The van der Waals surface area contributed by atoms with Gasteiger partial charge in [0.05, 0.1) is 6.61 Å². The van der Waals surface area contributed by atoms with Crippen molar-refractivity contribution in [2.75, 3.05) is 6.61 Å². The first-order chi connectivity index (χ1) is 8.53. The summed E-state index contributed by atoms with van der Waals surface area (Å²) in [6.45, 7) is 11.6. The Morgan fingerprint density at radius 3 is 2.89 bits per heavy atom. The van der Waals surface area contributed by atoms with Crippen molar-refractivity contribution in [1.82, 2.24) is 10.3 Å². The molecular weight excluding hydrogens is 224 g/mol. The lowest BCUT2D eigenvalue weighted by molar-refractivity contribution is 0.305. The first kappa shape index (κ1) is 14.7. The Hall–Kier alpha value is -1.35. The zero-order valence-electron chi connectivity index (χ0n) is 11.7. The van der Waals surface area contributed by atoms with Crippen LogP contribution in [0.3, 0.4) is 0 Å². The monoisotopic (exact) mass is 248 g/mol. The van der Waals surface area contributed by atoms with E-state index >= 15 is 0 Å². The predicted octanol–water partition coefficient (Wildman–Crippen LogP) is 3.31. The van der Waals surface area contributed by atoms with Gasteiger partial charge in [-0.15, -0.1) is 6.58 Å². The maximum absolute atomic E-state index is 5.78.